The Balaban J connectivity index is 0.000000741. The number of ether oxygens (including phenoxy) is 1. The van der Waals surface area contributed by atoms with E-state index in [1.165, 1.54) is 12.7 Å². The molecule has 0 atom stereocenters. The SMILES string of the molecule is CC.CO.COC(=O)c1ccc2c(c1)c(C)cn2C. The van der Waals surface area contributed by atoms with Crippen LogP contribution in [-0.2, 0) is 11.8 Å². The quantitative estimate of drug-likeness (QED) is 0.807. The number of hydrogen-bond donors (Lipinski definition) is 1. The molecule has 2 aromatic rings. The minimum Gasteiger partial charge on any atom is -0.465 e. The first kappa shape index (κ1) is 17.2. The second-order valence-electron chi connectivity index (χ2n) is 3.65. The van der Waals surface area contributed by atoms with E-state index < -0.39 is 0 Å². The van der Waals surface area contributed by atoms with Gasteiger partial charge in [0.2, 0.25) is 0 Å². The van der Waals surface area contributed by atoms with E-state index in [1.807, 2.05) is 50.7 Å². The molecule has 0 aliphatic heterocycles. The zero-order valence-electron chi connectivity index (χ0n) is 12.5. The molecule has 0 aliphatic rings. The van der Waals surface area contributed by atoms with Gasteiger partial charge in [0, 0.05) is 31.3 Å². The molecule has 1 heterocycles. The first-order valence-corrected chi connectivity index (χ1v) is 6.22. The predicted octanol–water partition coefficient (Wildman–Crippen LogP) is 2.91. The highest BCUT2D eigenvalue weighted by Crippen LogP contribution is 2.21. The second kappa shape index (κ2) is 8.32. The Morgan fingerprint density at radius 2 is 1.84 bits per heavy atom. The minimum atomic E-state index is -0.292. The molecule has 1 N–H and O–H groups in total. The molecule has 0 spiro atoms. The number of aromatic nitrogens is 1. The summed E-state index contributed by atoms with van der Waals surface area (Å²) < 4.78 is 6.73. The van der Waals surface area contributed by atoms with E-state index in [-0.39, 0.29) is 5.97 Å². The van der Waals surface area contributed by atoms with Crippen molar-refractivity contribution in [3.05, 3.63) is 35.5 Å². The van der Waals surface area contributed by atoms with Gasteiger partial charge in [0.25, 0.3) is 0 Å². The predicted molar refractivity (Wildman–Crippen MR) is 78.5 cm³/mol. The number of carbonyl (C=O) groups is 1. The van der Waals surface area contributed by atoms with E-state index in [1.54, 1.807) is 6.07 Å². The number of rotatable bonds is 1. The summed E-state index contributed by atoms with van der Waals surface area (Å²) >= 11 is 0. The topological polar surface area (TPSA) is 51.5 Å². The Bertz CT molecular complexity index is 529. The summed E-state index contributed by atoms with van der Waals surface area (Å²) in [5.74, 6) is -0.292. The molecule has 0 bridgehead atoms. The molecule has 0 saturated carbocycles. The summed E-state index contributed by atoms with van der Waals surface area (Å²) in [6.45, 7) is 6.03. The maximum Gasteiger partial charge on any atom is 0.337 e. The Morgan fingerprint density at radius 1 is 1.26 bits per heavy atom. The summed E-state index contributed by atoms with van der Waals surface area (Å²) in [6.07, 6.45) is 2.05. The molecule has 0 unspecified atom stereocenters. The van der Waals surface area contributed by atoms with E-state index in [4.69, 9.17) is 5.11 Å². The highest BCUT2D eigenvalue weighted by Gasteiger charge is 2.08. The van der Waals surface area contributed by atoms with Crippen LogP contribution in [-0.4, -0.2) is 29.9 Å². The van der Waals surface area contributed by atoms with Crippen LogP contribution in [0, 0.1) is 6.92 Å². The molecule has 4 heteroatoms. The van der Waals surface area contributed by atoms with Gasteiger partial charge >= 0.3 is 5.97 Å². The van der Waals surface area contributed by atoms with Gasteiger partial charge in [-0.05, 0) is 30.7 Å². The van der Waals surface area contributed by atoms with E-state index >= 15 is 0 Å². The van der Waals surface area contributed by atoms with Gasteiger partial charge < -0.3 is 14.4 Å². The number of hydrogen-bond acceptors (Lipinski definition) is 3. The molecular formula is C15H23NO3. The Kier molecular flexibility index (Phi) is 7.53. The van der Waals surface area contributed by atoms with E-state index in [0.717, 1.165) is 18.0 Å². The van der Waals surface area contributed by atoms with Crippen LogP contribution in [0.15, 0.2) is 24.4 Å². The molecule has 19 heavy (non-hydrogen) atoms. The van der Waals surface area contributed by atoms with E-state index in [9.17, 15) is 4.79 Å². The zero-order valence-corrected chi connectivity index (χ0v) is 12.5. The minimum absolute atomic E-state index is 0.292. The monoisotopic (exact) mass is 265 g/mol. The number of carbonyl (C=O) groups excluding carboxylic acids is 1. The number of aliphatic hydroxyl groups excluding tert-OH is 1. The van der Waals surface area contributed by atoms with Crippen molar-refractivity contribution in [2.45, 2.75) is 20.8 Å². The van der Waals surface area contributed by atoms with Gasteiger partial charge in [-0.2, -0.15) is 0 Å². The summed E-state index contributed by atoms with van der Waals surface area (Å²) in [5.41, 5.74) is 2.89. The maximum absolute atomic E-state index is 11.3. The number of aryl methyl sites for hydroxylation is 2. The van der Waals surface area contributed by atoms with Gasteiger partial charge in [-0.1, -0.05) is 13.8 Å². The number of methoxy groups -OCH3 is 1. The van der Waals surface area contributed by atoms with E-state index in [0.29, 0.717) is 5.56 Å². The Labute approximate surface area is 114 Å². The summed E-state index contributed by atoms with van der Waals surface area (Å²) in [4.78, 5) is 11.3. The van der Waals surface area contributed by atoms with Crippen LogP contribution >= 0.6 is 0 Å². The summed E-state index contributed by atoms with van der Waals surface area (Å²) in [7, 11) is 4.39. The lowest BCUT2D eigenvalue weighted by atomic mass is 10.1. The average Bonchev–Trinajstić information content (AvgIpc) is 2.77. The van der Waals surface area contributed by atoms with Crippen molar-refractivity contribution in [2.24, 2.45) is 7.05 Å². The Morgan fingerprint density at radius 3 is 2.37 bits per heavy atom. The van der Waals surface area contributed by atoms with Crippen LogP contribution in [0.25, 0.3) is 10.9 Å². The summed E-state index contributed by atoms with van der Waals surface area (Å²) in [6, 6.07) is 5.60. The molecule has 1 aromatic heterocycles. The van der Waals surface area contributed by atoms with Crippen LogP contribution in [0.5, 0.6) is 0 Å². The average molecular weight is 265 g/mol. The van der Waals surface area contributed by atoms with Crippen LogP contribution in [0.2, 0.25) is 0 Å². The highest BCUT2D eigenvalue weighted by molar-refractivity contribution is 5.95. The van der Waals surface area contributed by atoms with Crippen LogP contribution in [0.3, 0.4) is 0 Å². The van der Waals surface area contributed by atoms with Gasteiger partial charge in [0.15, 0.2) is 0 Å². The van der Waals surface area contributed by atoms with Crippen molar-refractivity contribution < 1.29 is 14.6 Å². The largest absolute Gasteiger partial charge is 0.465 e. The lowest BCUT2D eigenvalue weighted by Crippen LogP contribution is -2.00. The normalized spacial score (nSPS) is 9.00. The van der Waals surface area contributed by atoms with Gasteiger partial charge in [-0.25, -0.2) is 4.79 Å². The fourth-order valence-corrected chi connectivity index (χ4v) is 1.83. The second-order valence-corrected chi connectivity index (χ2v) is 3.65. The van der Waals surface area contributed by atoms with Crippen molar-refractivity contribution >= 4 is 16.9 Å². The van der Waals surface area contributed by atoms with Crippen molar-refractivity contribution in [2.75, 3.05) is 14.2 Å². The third-order valence-electron chi connectivity index (χ3n) is 2.61. The smallest absolute Gasteiger partial charge is 0.337 e. The van der Waals surface area contributed by atoms with Crippen molar-refractivity contribution in [3.63, 3.8) is 0 Å². The van der Waals surface area contributed by atoms with Crippen molar-refractivity contribution in [3.8, 4) is 0 Å². The summed E-state index contributed by atoms with van der Waals surface area (Å²) in [5, 5.41) is 8.10. The molecule has 0 saturated heterocycles. The maximum atomic E-state index is 11.3. The number of fused-ring (bicyclic) bond motifs is 1. The zero-order chi connectivity index (χ0) is 15.0. The molecule has 0 amide bonds. The lowest BCUT2D eigenvalue weighted by Gasteiger charge is -2.00. The number of aliphatic hydroxyl groups is 1. The van der Waals surface area contributed by atoms with Crippen LogP contribution in [0.1, 0.15) is 29.8 Å². The van der Waals surface area contributed by atoms with Gasteiger partial charge in [-0.15, -0.1) is 0 Å². The molecule has 0 fully saturated rings. The fraction of sp³-hybridized carbons (Fsp3) is 0.400. The first-order valence-electron chi connectivity index (χ1n) is 6.22. The van der Waals surface area contributed by atoms with Gasteiger partial charge in [0.1, 0.15) is 0 Å². The Hall–Kier alpha value is -1.81. The van der Waals surface area contributed by atoms with Gasteiger partial charge in [-0.3, -0.25) is 0 Å². The molecule has 2 rings (SSSR count). The molecule has 0 radical (unpaired) electrons. The third-order valence-corrected chi connectivity index (χ3v) is 2.61. The first-order chi connectivity index (χ1) is 9.13. The highest BCUT2D eigenvalue weighted by atomic mass is 16.5. The number of benzene rings is 1. The molecule has 4 nitrogen and oxygen atoms in total. The lowest BCUT2D eigenvalue weighted by molar-refractivity contribution is 0.0601. The van der Waals surface area contributed by atoms with E-state index in [2.05, 4.69) is 4.74 Å². The molecule has 1 aromatic carbocycles. The molecular weight excluding hydrogens is 242 g/mol. The third kappa shape index (κ3) is 3.83. The molecule has 106 valence electrons. The number of nitrogens with zero attached hydrogens (tertiary/aromatic N) is 1. The number of esters is 1. The van der Waals surface area contributed by atoms with Gasteiger partial charge in [0.05, 0.1) is 12.7 Å². The fourth-order valence-electron chi connectivity index (χ4n) is 1.83. The van der Waals surface area contributed by atoms with Crippen LogP contribution in [0.4, 0.5) is 0 Å². The molecule has 0 aliphatic carbocycles. The van der Waals surface area contributed by atoms with Crippen molar-refractivity contribution in [1.82, 2.24) is 4.57 Å². The van der Waals surface area contributed by atoms with Crippen molar-refractivity contribution in [1.29, 1.82) is 0 Å². The standard InChI is InChI=1S/C12H13NO2.C2H6.CH4O/c1-8-7-13(2)11-5-4-9(6-10(8)11)12(14)15-3;2*1-2/h4-7H,1-3H3;1-2H3;2H,1H3. The van der Waals surface area contributed by atoms with Crippen LogP contribution < -0.4 is 0 Å².